The van der Waals surface area contributed by atoms with Crippen LogP contribution < -0.4 is 0 Å². The quantitative estimate of drug-likeness (QED) is 0.751. The van der Waals surface area contributed by atoms with Crippen LogP contribution in [-0.4, -0.2) is 23.0 Å². The van der Waals surface area contributed by atoms with Crippen molar-refractivity contribution in [3.63, 3.8) is 0 Å². The summed E-state index contributed by atoms with van der Waals surface area (Å²) in [4.78, 5) is 5.91. The van der Waals surface area contributed by atoms with Crippen molar-refractivity contribution in [3.8, 4) is 0 Å². The molecule has 0 amide bonds. The summed E-state index contributed by atoms with van der Waals surface area (Å²) in [5, 5.41) is 1.05. The van der Waals surface area contributed by atoms with Crippen LogP contribution in [0.1, 0.15) is 24.1 Å². The van der Waals surface area contributed by atoms with Crippen molar-refractivity contribution in [2.45, 2.75) is 19.3 Å². The van der Waals surface area contributed by atoms with Crippen LogP contribution in [0.25, 0.3) is 16.6 Å². The molecule has 3 heteroatoms. The highest BCUT2D eigenvalue weighted by atomic mass is 19.1. The third-order valence-corrected chi connectivity index (χ3v) is 4.07. The molecule has 1 N–H and O–H groups in total. The van der Waals surface area contributed by atoms with E-state index in [9.17, 15) is 4.39 Å². The molecule has 4 rings (SSSR count). The first-order valence-electron chi connectivity index (χ1n) is 6.58. The molecule has 0 unspecified atom stereocenters. The summed E-state index contributed by atoms with van der Waals surface area (Å²) in [6, 6.07) is 5.03. The molecule has 1 aromatic carbocycles. The van der Waals surface area contributed by atoms with Crippen molar-refractivity contribution in [3.05, 3.63) is 41.3 Å². The van der Waals surface area contributed by atoms with Crippen LogP contribution in [0.3, 0.4) is 0 Å². The van der Waals surface area contributed by atoms with Gasteiger partial charge in [0.1, 0.15) is 5.82 Å². The van der Waals surface area contributed by atoms with E-state index in [4.69, 9.17) is 0 Å². The van der Waals surface area contributed by atoms with E-state index in [1.54, 1.807) is 6.07 Å². The highest BCUT2D eigenvalue weighted by Gasteiger charge is 2.25. The minimum absolute atomic E-state index is 0.149. The average Bonchev–Trinajstić information content (AvgIpc) is 2.77. The fourth-order valence-electron chi connectivity index (χ4n) is 3.21. The van der Waals surface area contributed by atoms with E-state index in [1.807, 2.05) is 6.07 Å². The molecule has 18 heavy (non-hydrogen) atoms. The molecular weight excluding hydrogens is 227 g/mol. The van der Waals surface area contributed by atoms with E-state index in [0.717, 1.165) is 36.8 Å². The molecule has 0 spiro atoms. The number of aromatic amines is 1. The lowest BCUT2D eigenvalue weighted by molar-refractivity contribution is 0.369. The highest BCUT2D eigenvalue weighted by Crippen LogP contribution is 2.35. The summed E-state index contributed by atoms with van der Waals surface area (Å²) >= 11 is 0. The van der Waals surface area contributed by atoms with Gasteiger partial charge in [-0.1, -0.05) is 6.08 Å². The van der Waals surface area contributed by atoms with Crippen LogP contribution in [0.4, 0.5) is 4.39 Å². The Morgan fingerprint density at radius 1 is 1.22 bits per heavy atom. The van der Waals surface area contributed by atoms with Gasteiger partial charge in [-0.3, -0.25) is 0 Å². The molecule has 3 heterocycles. The number of nitrogens with one attached hydrogen (secondary N) is 1. The van der Waals surface area contributed by atoms with Crippen LogP contribution in [0.2, 0.25) is 0 Å². The number of benzene rings is 1. The lowest BCUT2D eigenvalue weighted by Gasteiger charge is -2.34. The standard InChI is InChI=1S/C15H15FN2/c16-10-4-5-13-12(9-10)11-6-8-18-7-2-1-3-14(18)15(11)17-13/h3-5,9,17H,1-2,6-8H2. The van der Waals surface area contributed by atoms with Gasteiger partial charge in [-0.05, 0) is 43.0 Å². The van der Waals surface area contributed by atoms with Crippen molar-refractivity contribution in [2.75, 3.05) is 13.1 Å². The van der Waals surface area contributed by atoms with Crippen molar-refractivity contribution in [1.29, 1.82) is 0 Å². The van der Waals surface area contributed by atoms with Crippen LogP contribution >= 0.6 is 0 Å². The zero-order valence-electron chi connectivity index (χ0n) is 10.2. The van der Waals surface area contributed by atoms with E-state index in [2.05, 4.69) is 16.0 Å². The predicted octanol–water partition coefficient (Wildman–Crippen LogP) is 3.30. The number of halogens is 1. The maximum Gasteiger partial charge on any atom is 0.123 e. The average molecular weight is 242 g/mol. The van der Waals surface area contributed by atoms with Gasteiger partial charge in [0, 0.05) is 24.0 Å². The first-order chi connectivity index (χ1) is 8.83. The Bertz CT molecular complexity index is 654. The second-order valence-corrected chi connectivity index (χ2v) is 5.14. The maximum atomic E-state index is 13.4. The summed E-state index contributed by atoms with van der Waals surface area (Å²) in [5.41, 5.74) is 4.87. The molecule has 2 aliphatic rings. The Kier molecular flexibility index (Phi) is 2.04. The topological polar surface area (TPSA) is 19.0 Å². The normalized spacial score (nSPS) is 18.5. The third-order valence-electron chi connectivity index (χ3n) is 4.07. The van der Waals surface area contributed by atoms with E-state index in [-0.39, 0.29) is 5.82 Å². The molecule has 0 bridgehead atoms. The number of H-pyrrole nitrogens is 1. The molecule has 0 radical (unpaired) electrons. The molecule has 2 aromatic rings. The second-order valence-electron chi connectivity index (χ2n) is 5.14. The van der Waals surface area contributed by atoms with E-state index >= 15 is 0 Å². The van der Waals surface area contributed by atoms with Crippen LogP contribution in [0, 0.1) is 5.82 Å². The Balaban J connectivity index is 1.98. The Morgan fingerprint density at radius 3 is 3.11 bits per heavy atom. The molecule has 0 aliphatic carbocycles. The monoisotopic (exact) mass is 242 g/mol. The number of allylic oxidation sites excluding steroid dienone is 1. The fraction of sp³-hybridized carbons (Fsp3) is 0.333. The molecule has 0 saturated heterocycles. The van der Waals surface area contributed by atoms with Gasteiger partial charge in [-0.2, -0.15) is 0 Å². The molecule has 2 nitrogen and oxygen atoms in total. The van der Waals surface area contributed by atoms with Crippen molar-refractivity contribution in [1.82, 2.24) is 9.88 Å². The van der Waals surface area contributed by atoms with Gasteiger partial charge >= 0.3 is 0 Å². The van der Waals surface area contributed by atoms with Crippen LogP contribution in [0.15, 0.2) is 24.3 Å². The smallest absolute Gasteiger partial charge is 0.123 e. The number of hydrogen-bond donors (Lipinski definition) is 1. The number of nitrogens with zero attached hydrogens (tertiary/aromatic N) is 1. The minimum Gasteiger partial charge on any atom is -0.370 e. The van der Waals surface area contributed by atoms with Crippen molar-refractivity contribution < 1.29 is 4.39 Å². The summed E-state index contributed by atoms with van der Waals surface area (Å²) in [6.45, 7) is 2.21. The third kappa shape index (κ3) is 1.33. The number of rotatable bonds is 0. The van der Waals surface area contributed by atoms with Gasteiger partial charge in [-0.25, -0.2) is 4.39 Å². The SMILES string of the molecule is Fc1ccc2[nH]c3c(c2c1)CCN1CCCC=C31. The molecule has 0 saturated carbocycles. The first kappa shape index (κ1) is 10.2. The summed E-state index contributed by atoms with van der Waals surface area (Å²) in [5.74, 6) is -0.149. The Morgan fingerprint density at radius 2 is 2.17 bits per heavy atom. The zero-order chi connectivity index (χ0) is 12.1. The molecule has 0 fully saturated rings. The summed E-state index contributed by atoms with van der Waals surface area (Å²) in [7, 11) is 0. The lowest BCUT2D eigenvalue weighted by Crippen LogP contribution is -2.32. The molecule has 2 aliphatic heterocycles. The number of fused-ring (bicyclic) bond motifs is 5. The number of aromatic nitrogens is 1. The molecule has 0 atom stereocenters. The lowest BCUT2D eigenvalue weighted by atomic mass is 9.97. The number of hydrogen-bond acceptors (Lipinski definition) is 1. The Hall–Kier alpha value is -1.77. The van der Waals surface area contributed by atoms with E-state index < -0.39 is 0 Å². The van der Waals surface area contributed by atoms with Gasteiger partial charge < -0.3 is 9.88 Å². The van der Waals surface area contributed by atoms with E-state index in [0.29, 0.717) is 0 Å². The van der Waals surface area contributed by atoms with E-state index in [1.165, 1.54) is 29.4 Å². The van der Waals surface area contributed by atoms with Crippen molar-refractivity contribution in [2.24, 2.45) is 0 Å². The van der Waals surface area contributed by atoms with Crippen LogP contribution in [-0.2, 0) is 6.42 Å². The largest absolute Gasteiger partial charge is 0.370 e. The van der Waals surface area contributed by atoms with Gasteiger partial charge in [0.2, 0.25) is 0 Å². The minimum atomic E-state index is -0.149. The second kappa shape index (κ2) is 3.61. The van der Waals surface area contributed by atoms with Gasteiger partial charge in [-0.15, -0.1) is 0 Å². The van der Waals surface area contributed by atoms with Crippen LogP contribution in [0.5, 0.6) is 0 Å². The molecule has 1 aromatic heterocycles. The molecular formula is C15H15FN2. The molecule has 92 valence electrons. The van der Waals surface area contributed by atoms with Crippen molar-refractivity contribution >= 4 is 16.6 Å². The van der Waals surface area contributed by atoms with Gasteiger partial charge in [0.25, 0.3) is 0 Å². The summed E-state index contributed by atoms with van der Waals surface area (Å²) in [6.07, 6.45) is 5.71. The zero-order valence-corrected chi connectivity index (χ0v) is 10.2. The highest BCUT2D eigenvalue weighted by molar-refractivity contribution is 5.90. The van der Waals surface area contributed by atoms with Gasteiger partial charge in [0.15, 0.2) is 0 Å². The summed E-state index contributed by atoms with van der Waals surface area (Å²) < 4.78 is 13.4. The Labute approximate surface area is 105 Å². The predicted molar refractivity (Wildman–Crippen MR) is 70.7 cm³/mol. The first-order valence-corrected chi connectivity index (χ1v) is 6.58. The van der Waals surface area contributed by atoms with Gasteiger partial charge in [0.05, 0.1) is 11.4 Å². The fourth-order valence-corrected chi connectivity index (χ4v) is 3.21. The maximum absolute atomic E-state index is 13.4.